The average Bonchev–Trinajstić information content (AvgIpc) is 2.48. The van der Waals surface area contributed by atoms with E-state index in [1.54, 1.807) is 13.8 Å². The number of ether oxygens (including phenoxy) is 2. The van der Waals surface area contributed by atoms with E-state index >= 15 is 0 Å². The molecular formula is C14H14BrClFNO4. The third-order valence-electron chi connectivity index (χ3n) is 2.40. The lowest BCUT2D eigenvalue weighted by Crippen LogP contribution is -2.19. The topological polar surface area (TPSA) is 64.6 Å². The molecule has 0 unspecified atom stereocenters. The minimum atomic E-state index is -0.859. The van der Waals surface area contributed by atoms with Crippen molar-refractivity contribution >= 4 is 45.2 Å². The molecule has 1 aromatic rings. The van der Waals surface area contributed by atoms with Crippen LogP contribution in [0.25, 0.3) is 0 Å². The third kappa shape index (κ3) is 4.71. The van der Waals surface area contributed by atoms with Crippen molar-refractivity contribution in [2.24, 2.45) is 0 Å². The van der Waals surface area contributed by atoms with E-state index in [-0.39, 0.29) is 34.0 Å². The van der Waals surface area contributed by atoms with Gasteiger partial charge in [0.25, 0.3) is 0 Å². The predicted molar refractivity (Wildman–Crippen MR) is 84.1 cm³/mol. The van der Waals surface area contributed by atoms with Crippen molar-refractivity contribution < 1.29 is 23.5 Å². The molecule has 8 heteroatoms. The zero-order valence-corrected chi connectivity index (χ0v) is 14.3. The maximum Gasteiger partial charge on any atom is 0.347 e. The van der Waals surface area contributed by atoms with E-state index in [0.29, 0.717) is 0 Å². The summed E-state index contributed by atoms with van der Waals surface area (Å²) in [6.07, 6.45) is 1.04. The predicted octanol–water partition coefficient (Wildman–Crippen LogP) is 3.66. The number of anilines is 1. The Kier molecular flexibility index (Phi) is 7.34. The van der Waals surface area contributed by atoms with E-state index in [1.165, 1.54) is 12.1 Å². The van der Waals surface area contributed by atoms with E-state index in [0.717, 1.165) is 6.20 Å². The van der Waals surface area contributed by atoms with Crippen LogP contribution in [-0.4, -0.2) is 25.2 Å². The minimum Gasteiger partial charge on any atom is -0.462 e. The van der Waals surface area contributed by atoms with Gasteiger partial charge in [-0.1, -0.05) is 11.6 Å². The zero-order chi connectivity index (χ0) is 16.7. The molecule has 1 N–H and O–H groups in total. The highest BCUT2D eigenvalue weighted by atomic mass is 79.9. The molecule has 5 nitrogen and oxygen atoms in total. The van der Waals surface area contributed by atoms with Crippen molar-refractivity contribution in [3.05, 3.63) is 39.2 Å². The van der Waals surface area contributed by atoms with Gasteiger partial charge in [-0.2, -0.15) is 0 Å². The van der Waals surface area contributed by atoms with Gasteiger partial charge in [-0.3, -0.25) is 0 Å². The Morgan fingerprint density at radius 2 is 1.82 bits per heavy atom. The first-order chi connectivity index (χ1) is 10.4. The van der Waals surface area contributed by atoms with Gasteiger partial charge in [0.2, 0.25) is 0 Å². The normalized spacial score (nSPS) is 9.86. The smallest absolute Gasteiger partial charge is 0.347 e. The SMILES string of the molecule is CCOC(=O)C(=CNc1ccc(Cl)c(Br)c1F)C(=O)OCC. The summed E-state index contributed by atoms with van der Waals surface area (Å²) in [5, 5.41) is 2.73. The van der Waals surface area contributed by atoms with Crippen LogP contribution < -0.4 is 5.32 Å². The van der Waals surface area contributed by atoms with E-state index in [1.807, 2.05) is 0 Å². The second-order valence-corrected chi connectivity index (χ2v) is 5.07. The van der Waals surface area contributed by atoms with Crippen molar-refractivity contribution in [3.8, 4) is 0 Å². The molecule has 0 saturated heterocycles. The molecule has 0 amide bonds. The average molecular weight is 395 g/mol. The summed E-state index contributed by atoms with van der Waals surface area (Å²) < 4.78 is 23.5. The van der Waals surface area contributed by atoms with Crippen molar-refractivity contribution in [1.82, 2.24) is 0 Å². The van der Waals surface area contributed by atoms with Crippen LogP contribution in [0.2, 0.25) is 5.02 Å². The lowest BCUT2D eigenvalue weighted by Gasteiger charge is -2.09. The van der Waals surface area contributed by atoms with Crippen LogP contribution >= 0.6 is 27.5 Å². The molecule has 0 fully saturated rings. The van der Waals surface area contributed by atoms with Crippen LogP contribution in [0.4, 0.5) is 10.1 Å². The summed E-state index contributed by atoms with van der Waals surface area (Å²) in [7, 11) is 0. The second kappa shape index (κ2) is 8.75. The molecule has 0 spiro atoms. The number of esters is 2. The second-order valence-electron chi connectivity index (χ2n) is 3.87. The molecule has 1 rings (SSSR count). The molecule has 1 aromatic carbocycles. The Morgan fingerprint density at radius 1 is 1.27 bits per heavy atom. The van der Waals surface area contributed by atoms with Gasteiger partial charge in [-0.25, -0.2) is 14.0 Å². The lowest BCUT2D eigenvalue weighted by molar-refractivity contribution is -0.146. The molecule has 0 saturated carbocycles. The van der Waals surface area contributed by atoms with Crippen molar-refractivity contribution in [2.45, 2.75) is 13.8 Å². The molecule has 0 atom stereocenters. The summed E-state index contributed by atoms with van der Waals surface area (Å²) in [5.41, 5.74) is -0.337. The first kappa shape index (κ1) is 18.4. The van der Waals surface area contributed by atoms with E-state index < -0.39 is 17.8 Å². The number of carbonyl (C=O) groups is 2. The van der Waals surface area contributed by atoms with Crippen molar-refractivity contribution in [1.29, 1.82) is 0 Å². The minimum absolute atomic E-state index is 0.0300. The summed E-state index contributed by atoms with van der Waals surface area (Å²) in [6.45, 7) is 3.39. The number of hydrogen-bond donors (Lipinski definition) is 1. The molecule has 0 aliphatic heterocycles. The maximum absolute atomic E-state index is 14.0. The van der Waals surface area contributed by atoms with Crippen LogP contribution in [-0.2, 0) is 19.1 Å². The van der Waals surface area contributed by atoms with Crippen LogP contribution in [0.1, 0.15) is 13.8 Å². The van der Waals surface area contributed by atoms with Gasteiger partial charge in [0.1, 0.15) is 0 Å². The van der Waals surface area contributed by atoms with E-state index in [2.05, 4.69) is 21.2 Å². The Balaban J connectivity index is 3.05. The molecule has 0 bridgehead atoms. The Labute approximate surface area is 140 Å². The fourth-order valence-corrected chi connectivity index (χ4v) is 1.90. The van der Waals surface area contributed by atoms with Gasteiger partial charge >= 0.3 is 11.9 Å². The molecule has 0 aliphatic rings. The van der Waals surface area contributed by atoms with Crippen LogP contribution in [0.15, 0.2) is 28.4 Å². The molecule has 0 aromatic heterocycles. The van der Waals surface area contributed by atoms with Gasteiger partial charge in [0, 0.05) is 6.20 Å². The Morgan fingerprint density at radius 3 is 2.32 bits per heavy atom. The first-order valence-electron chi connectivity index (χ1n) is 6.36. The monoisotopic (exact) mass is 393 g/mol. The highest BCUT2D eigenvalue weighted by molar-refractivity contribution is 9.10. The van der Waals surface area contributed by atoms with Crippen LogP contribution in [0.3, 0.4) is 0 Å². The molecule has 0 radical (unpaired) electrons. The number of benzene rings is 1. The van der Waals surface area contributed by atoms with Crippen molar-refractivity contribution in [2.75, 3.05) is 18.5 Å². The summed E-state index contributed by atoms with van der Waals surface area (Å²) >= 11 is 8.75. The van der Waals surface area contributed by atoms with Crippen LogP contribution in [0.5, 0.6) is 0 Å². The van der Waals surface area contributed by atoms with Gasteiger partial charge in [-0.15, -0.1) is 0 Å². The summed E-state index contributed by atoms with van der Waals surface area (Å²) in [5.74, 6) is -2.38. The largest absolute Gasteiger partial charge is 0.462 e. The lowest BCUT2D eigenvalue weighted by atomic mass is 10.2. The van der Waals surface area contributed by atoms with E-state index in [9.17, 15) is 14.0 Å². The molecule has 0 aliphatic carbocycles. The Hall–Kier alpha value is -1.60. The first-order valence-corrected chi connectivity index (χ1v) is 7.53. The van der Waals surface area contributed by atoms with Crippen LogP contribution in [0, 0.1) is 5.82 Å². The Bertz CT molecular complexity index is 587. The standard InChI is InChI=1S/C14H14BrClFNO4/c1-3-21-13(19)8(14(20)22-4-2)7-18-10-6-5-9(16)11(15)12(10)17/h5-7,18H,3-4H2,1-2H3. The van der Waals surface area contributed by atoms with Gasteiger partial charge in [-0.05, 0) is 41.9 Å². The number of carbonyl (C=O) groups excluding carboxylic acids is 2. The quantitative estimate of drug-likeness (QED) is 0.262. The molecular weight excluding hydrogens is 381 g/mol. The number of hydrogen-bond acceptors (Lipinski definition) is 5. The highest BCUT2D eigenvalue weighted by Crippen LogP contribution is 2.30. The van der Waals surface area contributed by atoms with Gasteiger partial charge < -0.3 is 14.8 Å². The van der Waals surface area contributed by atoms with E-state index in [4.69, 9.17) is 21.1 Å². The molecule has 0 heterocycles. The van der Waals surface area contributed by atoms with Gasteiger partial charge in [0.05, 0.1) is 28.4 Å². The third-order valence-corrected chi connectivity index (χ3v) is 3.72. The fourth-order valence-electron chi connectivity index (χ4n) is 1.41. The summed E-state index contributed by atoms with van der Waals surface area (Å²) in [4.78, 5) is 23.5. The van der Waals surface area contributed by atoms with Crippen molar-refractivity contribution in [3.63, 3.8) is 0 Å². The number of rotatable bonds is 6. The zero-order valence-electron chi connectivity index (χ0n) is 11.9. The summed E-state index contributed by atoms with van der Waals surface area (Å²) in [6, 6.07) is 2.83. The fraction of sp³-hybridized carbons (Fsp3) is 0.286. The molecule has 22 heavy (non-hydrogen) atoms. The number of nitrogens with one attached hydrogen (secondary N) is 1. The maximum atomic E-state index is 14.0. The van der Waals surface area contributed by atoms with Gasteiger partial charge in [0.15, 0.2) is 11.4 Å². The number of halogens is 3. The highest BCUT2D eigenvalue weighted by Gasteiger charge is 2.21. The molecule has 120 valence electrons.